The maximum absolute atomic E-state index is 6.11. The third-order valence-corrected chi connectivity index (χ3v) is 8.63. The minimum absolute atomic E-state index is 0.281. The molecule has 2 fully saturated rings. The van der Waals surface area contributed by atoms with Crippen LogP contribution in [0.15, 0.2) is 42.9 Å². The Bertz CT molecular complexity index is 1070. The van der Waals surface area contributed by atoms with Crippen LogP contribution < -0.4 is 10.2 Å². The average Bonchev–Trinajstić information content (AvgIpc) is 3.51. The second-order valence-electron chi connectivity index (χ2n) is 10.6. The molecular formula is C25H35N5OSi. The van der Waals surface area contributed by atoms with Gasteiger partial charge in [-0.05, 0) is 50.1 Å². The van der Waals surface area contributed by atoms with Gasteiger partial charge in [0.05, 0.1) is 16.8 Å². The number of nitrogens with zero attached hydrogens (tertiary/aromatic N) is 4. The third kappa shape index (κ3) is 4.34. The topological polar surface area (TPSA) is 55.2 Å². The fourth-order valence-corrected chi connectivity index (χ4v) is 5.87. The van der Waals surface area contributed by atoms with Gasteiger partial charge in [0.15, 0.2) is 0 Å². The zero-order valence-electron chi connectivity index (χ0n) is 19.6. The number of hydrogen-bond acceptors (Lipinski definition) is 5. The van der Waals surface area contributed by atoms with Gasteiger partial charge >= 0.3 is 0 Å². The molecule has 2 saturated heterocycles. The Morgan fingerprint density at radius 2 is 2.03 bits per heavy atom. The van der Waals surface area contributed by atoms with Gasteiger partial charge in [-0.1, -0.05) is 25.7 Å². The van der Waals surface area contributed by atoms with Crippen molar-refractivity contribution in [3.63, 3.8) is 0 Å². The number of anilines is 1. The minimum atomic E-state index is -1.11. The van der Waals surface area contributed by atoms with Crippen LogP contribution in [0.3, 0.4) is 0 Å². The SMILES string of the molecule is C[Si](C)(C)CCOCn1cc(-c2ccccn2)c2c(N3CCC4(CCCN4)C3)ccnc21. The average molecular weight is 450 g/mol. The molecule has 7 heteroatoms. The van der Waals surface area contributed by atoms with E-state index in [0.717, 1.165) is 43.1 Å². The molecule has 32 heavy (non-hydrogen) atoms. The van der Waals surface area contributed by atoms with Gasteiger partial charge in [0.1, 0.15) is 12.4 Å². The quantitative estimate of drug-likeness (QED) is 0.417. The predicted octanol–water partition coefficient (Wildman–Crippen LogP) is 4.74. The van der Waals surface area contributed by atoms with Gasteiger partial charge in [-0.2, -0.15) is 0 Å². The highest BCUT2D eigenvalue weighted by molar-refractivity contribution is 6.76. The predicted molar refractivity (Wildman–Crippen MR) is 134 cm³/mol. The summed E-state index contributed by atoms with van der Waals surface area (Å²) in [5, 5.41) is 4.98. The first kappa shape index (κ1) is 21.6. The van der Waals surface area contributed by atoms with Gasteiger partial charge in [-0.15, -0.1) is 0 Å². The summed E-state index contributed by atoms with van der Waals surface area (Å²) < 4.78 is 8.27. The summed E-state index contributed by atoms with van der Waals surface area (Å²) in [7, 11) is -1.11. The lowest BCUT2D eigenvalue weighted by Gasteiger charge is -2.26. The van der Waals surface area contributed by atoms with Crippen molar-refractivity contribution in [3.8, 4) is 11.3 Å². The van der Waals surface area contributed by atoms with E-state index in [1.165, 1.54) is 36.4 Å². The van der Waals surface area contributed by atoms with Crippen LogP contribution in [0.25, 0.3) is 22.3 Å². The van der Waals surface area contributed by atoms with E-state index in [4.69, 9.17) is 9.72 Å². The summed E-state index contributed by atoms with van der Waals surface area (Å²) in [4.78, 5) is 12.0. The molecular weight excluding hydrogens is 414 g/mol. The van der Waals surface area contributed by atoms with E-state index in [1.807, 2.05) is 18.5 Å². The molecule has 0 amide bonds. The monoisotopic (exact) mass is 449 g/mol. The normalized spacial score (nSPS) is 21.3. The van der Waals surface area contributed by atoms with Crippen LogP contribution in [0.5, 0.6) is 0 Å². The largest absolute Gasteiger partial charge is 0.369 e. The second-order valence-corrected chi connectivity index (χ2v) is 16.2. The van der Waals surface area contributed by atoms with Crippen LogP contribution in [0.2, 0.25) is 25.7 Å². The number of aromatic nitrogens is 3. The smallest absolute Gasteiger partial charge is 0.144 e. The lowest BCUT2D eigenvalue weighted by atomic mass is 9.97. The summed E-state index contributed by atoms with van der Waals surface area (Å²) >= 11 is 0. The van der Waals surface area contributed by atoms with Crippen molar-refractivity contribution in [2.45, 2.75) is 57.2 Å². The van der Waals surface area contributed by atoms with Crippen LogP contribution >= 0.6 is 0 Å². The van der Waals surface area contributed by atoms with Crippen LogP contribution in [0.4, 0.5) is 5.69 Å². The zero-order chi connectivity index (χ0) is 22.2. The van der Waals surface area contributed by atoms with Crippen LogP contribution in [-0.4, -0.2) is 54.4 Å². The van der Waals surface area contributed by atoms with E-state index in [1.54, 1.807) is 0 Å². The highest BCUT2D eigenvalue weighted by Crippen LogP contribution is 2.40. The highest BCUT2D eigenvalue weighted by atomic mass is 28.3. The second kappa shape index (κ2) is 8.61. The third-order valence-electron chi connectivity index (χ3n) is 6.93. The lowest BCUT2D eigenvalue weighted by Crippen LogP contribution is -2.42. The molecule has 5 heterocycles. The first-order valence-electron chi connectivity index (χ1n) is 11.9. The van der Waals surface area contributed by atoms with E-state index in [0.29, 0.717) is 6.73 Å². The van der Waals surface area contributed by atoms with E-state index < -0.39 is 8.07 Å². The Labute approximate surface area is 192 Å². The summed E-state index contributed by atoms with van der Waals surface area (Å²) in [6.45, 7) is 11.8. The number of ether oxygens (including phenoxy) is 1. The van der Waals surface area contributed by atoms with Gasteiger partial charge in [-0.25, -0.2) is 4.98 Å². The molecule has 1 N–H and O–H groups in total. The van der Waals surface area contributed by atoms with Crippen LogP contribution in [0.1, 0.15) is 19.3 Å². The number of nitrogens with one attached hydrogen (secondary N) is 1. The van der Waals surface area contributed by atoms with Crippen molar-refractivity contribution in [2.75, 3.05) is 31.1 Å². The number of hydrogen-bond donors (Lipinski definition) is 1. The molecule has 2 aliphatic heterocycles. The molecule has 1 unspecified atom stereocenters. The summed E-state index contributed by atoms with van der Waals surface area (Å²) in [6.07, 6.45) is 9.76. The van der Waals surface area contributed by atoms with Crippen molar-refractivity contribution >= 4 is 24.8 Å². The Morgan fingerprint density at radius 1 is 1.12 bits per heavy atom. The molecule has 1 spiro atoms. The van der Waals surface area contributed by atoms with Gasteiger partial charge < -0.3 is 19.5 Å². The molecule has 0 saturated carbocycles. The number of fused-ring (bicyclic) bond motifs is 1. The van der Waals surface area contributed by atoms with Crippen LogP contribution in [-0.2, 0) is 11.5 Å². The Morgan fingerprint density at radius 3 is 2.78 bits per heavy atom. The van der Waals surface area contributed by atoms with Crippen molar-refractivity contribution in [1.29, 1.82) is 0 Å². The molecule has 5 rings (SSSR count). The van der Waals surface area contributed by atoms with Gasteiger partial charge in [0.25, 0.3) is 0 Å². The van der Waals surface area contributed by atoms with E-state index >= 15 is 0 Å². The molecule has 2 aliphatic rings. The highest BCUT2D eigenvalue weighted by Gasteiger charge is 2.40. The Balaban J connectivity index is 1.50. The fourth-order valence-electron chi connectivity index (χ4n) is 5.11. The molecule has 0 aliphatic carbocycles. The van der Waals surface area contributed by atoms with Crippen molar-refractivity contribution in [3.05, 3.63) is 42.9 Å². The molecule has 3 aromatic rings. The number of pyridine rings is 2. The molecule has 170 valence electrons. The van der Waals surface area contributed by atoms with Crippen molar-refractivity contribution in [2.24, 2.45) is 0 Å². The first-order chi connectivity index (χ1) is 15.4. The molecule has 1 atom stereocenters. The molecule has 6 nitrogen and oxygen atoms in total. The van der Waals surface area contributed by atoms with Gasteiger partial charge in [-0.3, -0.25) is 4.98 Å². The molecule has 0 aromatic carbocycles. The van der Waals surface area contributed by atoms with Crippen molar-refractivity contribution in [1.82, 2.24) is 19.9 Å². The minimum Gasteiger partial charge on any atom is -0.369 e. The van der Waals surface area contributed by atoms with E-state index in [-0.39, 0.29) is 5.54 Å². The van der Waals surface area contributed by atoms with E-state index in [9.17, 15) is 0 Å². The van der Waals surface area contributed by atoms with E-state index in [2.05, 4.69) is 63.8 Å². The van der Waals surface area contributed by atoms with Gasteiger partial charge in [0, 0.05) is 57.5 Å². The maximum Gasteiger partial charge on any atom is 0.144 e. The Kier molecular flexibility index (Phi) is 5.82. The van der Waals surface area contributed by atoms with Crippen LogP contribution in [0, 0.1) is 0 Å². The first-order valence-corrected chi connectivity index (χ1v) is 15.6. The Hall–Kier alpha value is -2.22. The molecule has 3 aromatic heterocycles. The maximum atomic E-state index is 6.11. The van der Waals surface area contributed by atoms with Crippen molar-refractivity contribution < 1.29 is 4.74 Å². The zero-order valence-corrected chi connectivity index (χ0v) is 20.6. The fraction of sp³-hybridized carbons (Fsp3) is 0.520. The number of rotatable bonds is 7. The molecule has 0 radical (unpaired) electrons. The lowest BCUT2D eigenvalue weighted by molar-refractivity contribution is 0.0899. The standard InChI is InChI=1S/C25H35N5OSi/c1-32(2,3)16-15-31-19-30-17-20(21-7-4-5-11-26-21)23-22(8-13-27-24(23)30)29-14-10-25(18-29)9-6-12-28-25/h4-5,7-8,11,13,17,28H,6,9-10,12,14-16,18-19H2,1-3H3. The summed E-state index contributed by atoms with van der Waals surface area (Å²) in [6, 6.07) is 9.46. The molecule has 0 bridgehead atoms. The summed E-state index contributed by atoms with van der Waals surface area (Å²) in [5.74, 6) is 0. The van der Waals surface area contributed by atoms with Gasteiger partial charge in [0.2, 0.25) is 0 Å². The summed E-state index contributed by atoms with van der Waals surface area (Å²) in [5.41, 5.74) is 4.65.